The maximum atomic E-state index is 12.5. The van der Waals surface area contributed by atoms with Gasteiger partial charge in [0, 0.05) is 56.1 Å². The number of anilines is 2. The van der Waals surface area contributed by atoms with Crippen molar-refractivity contribution in [1.82, 2.24) is 34.7 Å². The third-order valence-corrected chi connectivity index (χ3v) is 7.20. The zero-order valence-electron chi connectivity index (χ0n) is 20.4. The molecule has 184 valence electrons. The topological polar surface area (TPSA) is 103 Å². The third kappa shape index (κ3) is 4.79. The standard InChI is InChI=1S/C27H30N8O/c1-18-13-23(30-17-29-18)21-5-6-22-24(15-21)32-27(31-22)33-25-14-19(7-8-28-25)16-34-9-11-35(12-10-34)26(36)20-3-2-4-20/h5-8,13-15,17,20H,2-4,9-12,16H2,1H3,(H2,28,31,32,33). The van der Waals surface area contributed by atoms with E-state index in [1.54, 1.807) is 6.33 Å². The van der Waals surface area contributed by atoms with E-state index in [4.69, 9.17) is 0 Å². The molecular weight excluding hydrogens is 452 g/mol. The molecule has 9 heteroatoms. The average Bonchev–Trinajstić information content (AvgIpc) is 3.25. The molecule has 1 aliphatic heterocycles. The fourth-order valence-electron chi connectivity index (χ4n) is 4.90. The minimum Gasteiger partial charge on any atom is -0.340 e. The van der Waals surface area contributed by atoms with Gasteiger partial charge in [-0.2, -0.15) is 0 Å². The number of piperazine rings is 1. The SMILES string of the molecule is Cc1cc(-c2ccc3nc(Nc4cc(CN5CCN(C(=O)C6CCC6)CC5)ccn4)[nH]c3c2)ncn1. The molecule has 36 heavy (non-hydrogen) atoms. The Labute approximate surface area is 210 Å². The molecule has 2 fully saturated rings. The Bertz CT molecular complexity index is 1390. The van der Waals surface area contributed by atoms with Crippen molar-refractivity contribution in [3.8, 4) is 11.3 Å². The van der Waals surface area contributed by atoms with Crippen LogP contribution in [0.2, 0.25) is 0 Å². The normalized spacial score (nSPS) is 16.8. The number of pyridine rings is 1. The van der Waals surface area contributed by atoms with Gasteiger partial charge in [-0.05, 0) is 55.7 Å². The van der Waals surface area contributed by atoms with E-state index in [9.17, 15) is 4.79 Å². The minimum atomic E-state index is 0.284. The van der Waals surface area contributed by atoms with Gasteiger partial charge in [-0.1, -0.05) is 12.5 Å². The van der Waals surface area contributed by atoms with E-state index in [-0.39, 0.29) is 5.92 Å². The number of nitrogens with one attached hydrogen (secondary N) is 2. The molecular formula is C27H30N8O. The van der Waals surface area contributed by atoms with E-state index in [0.717, 1.165) is 79.4 Å². The van der Waals surface area contributed by atoms with Crippen LogP contribution in [0.4, 0.5) is 11.8 Å². The van der Waals surface area contributed by atoms with Crippen LogP contribution in [-0.2, 0) is 11.3 Å². The van der Waals surface area contributed by atoms with Gasteiger partial charge in [-0.15, -0.1) is 0 Å². The second kappa shape index (κ2) is 9.66. The molecule has 0 unspecified atom stereocenters. The number of imidazole rings is 1. The molecule has 9 nitrogen and oxygen atoms in total. The van der Waals surface area contributed by atoms with Crippen LogP contribution in [-0.4, -0.2) is 66.8 Å². The Morgan fingerprint density at radius 2 is 1.92 bits per heavy atom. The van der Waals surface area contributed by atoms with Gasteiger partial charge in [0.1, 0.15) is 12.1 Å². The number of rotatable bonds is 6. The highest BCUT2D eigenvalue weighted by Crippen LogP contribution is 2.29. The Morgan fingerprint density at radius 3 is 2.69 bits per heavy atom. The fraction of sp³-hybridized carbons (Fsp3) is 0.370. The van der Waals surface area contributed by atoms with Crippen molar-refractivity contribution < 1.29 is 4.79 Å². The first-order valence-electron chi connectivity index (χ1n) is 12.6. The molecule has 0 radical (unpaired) electrons. The summed E-state index contributed by atoms with van der Waals surface area (Å²) >= 11 is 0. The number of carbonyl (C=O) groups is 1. The van der Waals surface area contributed by atoms with E-state index < -0.39 is 0 Å². The van der Waals surface area contributed by atoms with Gasteiger partial charge in [-0.3, -0.25) is 9.69 Å². The summed E-state index contributed by atoms with van der Waals surface area (Å²) in [6, 6.07) is 12.1. The number of hydrogen-bond acceptors (Lipinski definition) is 7. The first-order chi connectivity index (χ1) is 17.6. The predicted molar refractivity (Wildman–Crippen MR) is 139 cm³/mol. The zero-order valence-corrected chi connectivity index (χ0v) is 20.4. The van der Waals surface area contributed by atoms with Gasteiger partial charge >= 0.3 is 0 Å². The van der Waals surface area contributed by atoms with Gasteiger partial charge in [0.05, 0.1) is 16.7 Å². The lowest BCUT2D eigenvalue weighted by Gasteiger charge is -2.38. The summed E-state index contributed by atoms with van der Waals surface area (Å²) in [6.45, 7) is 6.25. The number of amides is 1. The lowest BCUT2D eigenvalue weighted by atomic mass is 9.84. The quantitative estimate of drug-likeness (QED) is 0.429. The average molecular weight is 483 g/mol. The largest absolute Gasteiger partial charge is 0.340 e. The van der Waals surface area contributed by atoms with E-state index in [0.29, 0.717) is 11.9 Å². The number of H-pyrrole nitrogens is 1. The summed E-state index contributed by atoms with van der Waals surface area (Å²) in [6.07, 6.45) is 6.75. The van der Waals surface area contributed by atoms with Crippen molar-refractivity contribution in [2.45, 2.75) is 32.7 Å². The number of fused-ring (bicyclic) bond motifs is 1. The Balaban J connectivity index is 1.10. The predicted octanol–water partition coefficient (Wildman–Crippen LogP) is 3.91. The Morgan fingerprint density at radius 1 is 1.06 bits per heavy atom. The van der Waals surface area contributed by atoms with Gasteiger partial charge in [0.25, 0.3) is 0 Å². The zero-order chi connectivity index (χ0) is 24.5. The van der Waals surface area contributed by atoms with E-state index in [1.165, 1.54) is 12.0 Å². The first kappa shape index (κ1) is 22.6. The number of hydrogen-bond donors (Lipinski definition) is 2. The Kier molecular flexibility index (Phi) is 6.06. The molecule has 2 aliphatic rings. The molecule has 4 heterocycles. The number of aromatic nitrogens is 5. The smallest absolute Gasteiger partial charge is 0.225 e. The van der Waals surface area contributed by atoms with E-state index in [1.807, 2.05) is 37.4 Å². The molecule has 0 atom stereocenters. The van der Waals surface area contributed by atoms with Crippen LogP contribution in [0.15, 0.2) is 48.9 Å². The monoisotopic (exact) mass is 482 g/mol. The lowest BCUT2D eigenvalue weighted by molar-refractivity contribution is -0.140. The van der Waals surface area contributed by atoms with Crippen LogP contribution in [0, 0.1) is 12.8 Å². The lowest BCUT2D eigenvalue weighted by Crippen LogP contribution is -2.50. The Hall–Kier alpha value is -3.85. The summed E-state index contributed by atoms with van der Waals surface area (Å²) < 4.78 is 0. The summed E-state index contributed by atoms with van der Waals surface area (Å²) in [5.41, 5.74) is 5.81. The molecule has 1 aliphatic carbocycles. The highest BCUT2D eigenvalue weighted by molar-refractivity contribution is 5.83. The molecule has 0 bridgehead atoms. The maximum absolute atomic E-state index is 12.5. The van der Waals surface area contributed by atoms with Crippen LogP contribution in [0.1, 0.15) is 30.5 Å². The summed E-state index contributed by atoms with van der Waals surface area (Å²) in [5, 5.41) is 3.31. The van der Waals surface area contributed by atoms with Gasteiger partial charge in [-0.25, -0.2) is 19.9 Å². The van der Waals surface area contributed by atoms with Crippen molar-refractivity contribution in [3.05, 3.63) is 60.2 Å². The molecule has 1 saturated heterocycles. The minimum absolute atomic E-state index is 0.284. The van der Waals surface area contributed by atoms with Crippen molar-refractivity contribution >= 4 is 28.7 Å². The van der Waals surface area contributed by atoms with Crippen LogP contribution in [0.3, 0.4) is 0 Å². The molecule has 4 aromatic rings. The van der Waals surface area contributed by atoms with Crippen LogP contribution >= 0.6 is 0 Å². The number of nitrogens with zero attached hydrogens (tertiary/aromatic N) is 6. The summed E-state index contributed by atoms with van der Waals surface area (Å²) in [5.74, 6) is 2.04. The number of aromatic amines is 1. The van der Waals surface area contributed by atoms with E-state index in [2.05, 4.69) is 52.2 Å². The number of carbonyl (C=O) groups excluding carboxylic acids is 1. The summed E-state index contributed by atoms with van der Waals surface area (Å²) in [4.78, 5) is 38.0. The first-order valence-corrected chi connectivity index (χ1v) is 12.6. The third-order valence-electron chi connectivity index (χ3n) is 7.20. The summed E-state index contributed by atoms with van der Waals surface area (Å²) in [7, 11) is 0. The highest BCUT2D eigenvalue weighted by Gasteiger charge is 2.31. The number of benzene rings is 1. The van der Waals surface area contributed by atoms with Crippen LogP contribution < -0.4 is 5.32 Å². The van der Waals surface area contributed by atoms with Gasteiger partial charge in [0.15, 0.2) is 0 Å². The van der Waals surface area contributed by atoms with Crippen LogP contribution in [0.5, 0.6) is 0 Å². The number of aryl methyl sites for hydroxylation is 1. The van der Waals surface area contributed by atoms with Gasteiger partial charge < -0.3 is 15.2 Å². The second-order valence-electron chi connectivity index (χ2n) is 9.77. The van der Waals surface area contributed by atoms with Crippen molar-refractivity contribution in [2.24, 2.45) is 5.92 Å². The van der Waals surface area contributed by atoms with Crippen molar-refractivity contribution in [2.75, 3.05) is 31.5 Å². The van der Waals surface area contributed by atoms with Crippen molar-refractivity contribution in [3.63, 3.8) is 0 Å². The van der Waals surface area contributed by atoms with Gasteiger partial charge in [0.2, 0.25) is 11.9 Å². The second-order valence-corrected chi connectivity index (χ2v) is 9.77. The van der Waals surface area contributed by atoms with E-state index >= 15 is 0 Å². The highest BCUT2D eigenvalue weighted by atomic mass is 16.2. The van der Waals surface area contributed by atoms with Crippen molar-refractivity contribution in [1.29, 1.82) is 0 Å². The molecule has 3 aromatic heterocycles. The molecule has 1 saturated carbocycles. The molecule has 1 amide bonds. The van der Waals surface area contributed by atoms with Crippen LogP contribution in [0.25, 0.3) is 22.3 Å². The molecule has 6 rings (SSSR count). The molecule has 0 spiro atoms. The maximum Gasteiger partial charge on any atom is 0.225 e. The molecule has 2 N–H and O–H groups in total. The fourth-order valence-corrected chi connectivity index (χ4v) is 4.90. The molecule has 1 aromatic carbocycles.